The molecule has 0 heterocycles. The zero-order chi connectivity index (χ0) is 15.2. The third-order valence-electron chi connectivity index (χ3n) is 2.58. The van der Waals surface area contributed by atoms with E-state index >= 15 is 0 Å². The maximum absolute atomic E-state index is 11.1. The number of sulfone groups is 1. The molecular formula is C13H19ClO5S. The molecular weight excluding hydrogens is 304 g/mol. The Balaban J connectivity index is 2.82. The van der Waals surface area contributed by atoms with Crippen molar-refractivity contribution >= 4 is 21.4 Å². The highest BCUT2D eigenvalue weighted by atomic mass is 35.5. The molecule has 0 saturated heterocycles. The molecule has 0 amide bonds. The number of ether oxygens (including phenoxy) is 3. The predicted octanol–water partition coefficient (Wildman–Crippen LogP) is 2.26. The summed E-state index contributed by atoms with van der Waals surface area (Å²) < 4.78 is 38.2. The Bertz CT molecular complexity index is 517. The number of alkyl halides is 1. The number of hydrogen-bond acceptors (Lipinski definition) is 5. The first-order chi connectivity index (χ1) is 9.41. The first kappa shape index (κ1) is 16.9. The van der Waals surface area contributed by atoms with Gasteiger partial charge in [0.1, 0.15) is 9.84 Å². The van der Waals surface area contributed by atoms with E-state index in [2.05, 4.69) is 0 Å². The van der Waals surface area contributed by atoms with Gasteiger partial charge in [0.25, 0.3) is 0 Å². The molecule has 0 saturated carbocycles. The monoisotopic (exact) mass is 322 g/mol. The number of benzene rings is 1. The van der Waals surface area contributed by atoms with Crippen LogP contribution < -0.4 is 14.2 Å². The molecule has 1 aromatic carbocycles. The van der Waals surface area contributed by atoms with Gasteiger partial charge in [-0.2, -0.15) is 0 Å². The average Bonchev–Trinajstić information content (AvgIpc) is 2.41. The van der Waals surface area contributed by atoms with Crippen molar-refractivity contribution in [2.24, 2.45) is 0 Å². The lowest BCUT2D eigenvalue weighted by Gasteiger charge is -2.15. The molecule has 1 aromatic rings. The molecule has 0 spiro atoms. The number of halogens is 1. The highest BCUT2D eigenvalue weighted by Gasteiger charge is 2.14. The topological polar surface area (TPSA) is 61.8 Å². The number of methoxy groups -OCH3 is 2. The Morgan fingerprint density at radius 2 is 1.70 bits per heavy atom. The molecule has 0 aliphatic rings. The van der Waals surface area contributed by atoms with Crippen LogP contribution in [0.4, 0.5) is 0 Å². The third-order valence-corrected chi connectivity index (χ3v) is 3.92. The second-order valence-electron chi connectivity index (χ2n) is 4.29. The van der Waals surface area contributed by atoms with Crippen molar-refractivity contribution in [2.45, 2.75) is 12.3 Å². The highest BCUT2D eigenvalue weighted by molar-refractivity contribution is 7.90. The van der Waals surface area contributed by atoms with Crippen molar-refractivity contribution < 1.29 is 22.6 Å². The van der Waals surface area contributed by atoms with Crippen molar-refractivity contribution in [3.05, 3.63) is 17.7 Å². The third kappa shape index (κ3) is 5.09. The molecule has 0 aliphatic heterocycles. The van der Waals surface area contributed by atoms with Crippen LogP contribution in [0.1, 0.15) is 12.0 Å². The second kappa shape index (κ2) is 7.59. The zero-order valence-corrected chi connectivity index (χ0v) is 13.4. The molecule has 0 aromatic heterocycles. The molecule has 0 N–H and O–H groups in total. The first-order valence-electron chi connectivity index (χ1n) is 6.02. The molecule has 114 valence electrons. The molecule has 0 aliphatic carbocycles. The maximum Gasteiger partial charge on any atom is 0.203 e. The zero-order valence-electron chi connectivity index (χ0n) is 11.8. The summed E-state index contributed by atoms with van der Waals surface area (Å²) in [6, 6.07) is 3.53. The minimum absolute atomic E-state index is 0.0807. The minimum atomic E-state index is -2.98. The van der Waals surface area contributed by atoms with E-state index in [9.17, 15) is 8.42 Å². The molecule has 0 fully saturated rings. The molecule has 0 bridgehead atoms. The van der Waals surface area contributed by atoms with Gasteiger partial charge in [-0.05, 0) is 24.1 Å². The lowest BCUT2D eigenvalue weighted by atomic mass is 10.2. The summed E-state index contributed by atoms with van der Waals surface area (Å²) in [6.45, 7) is 0.264. The smallest absolute Gasteiger partial charge is 0.203 e. The van der Waals surface area contributed by atoms with Gasteiger partial charge in [-0.25, -0.2) is 8.42 Å². The van der Waals surface area contributed by atoms with Gasteiger partial charge < -0.3 is 14.2 Å². The molecule has 5 nitrogen and oxygen atoms in total. The molecule has 7 heteroatoms. The van der Waals surface area contributed by atoms with Crippen LogP contribution in [0.25, 0.3) is 0 Å². The summed E-state index contributed by atoms with van der Waals surface area (Å²) in [5, 5.41) is 0. The fraction of sp³-hybridized carbons (Fsp3) is 0.538. The van der Waals surface area contributed by atoms with Crippen molar-refractivity contribution in [1.29, 1.82) is 0 Å². The van der Waals surface area contributed by atoms with Crippen LogP contribution in [0, 0.1) is 0 Å². The van der Waals surface area contributed by atoms with Crippen molar-refractivity contribution in [2.75, 3.05) is 32.8 Å². The highest BCUT2D eigenvalue weighted by Crippen LogP contribution is 2.39. The Hall–Kier alpha value is -1.14. The van der Waals surface area contributed by atoms with Crippen LogP contribution in [-0.2, 0) is 15.7 Å². The molecule has 1 rings (SSSR count). The minimum Gasteiger partial charge on any atom is -0.493 e. The van der Waals surface area contributed by atoms with E-state index in [1.807, 2.05) is 0 Å². The van der Waals surface area contributed by atoms with E-state index < -0.39 is 9.84 Å². The Labute approximate surface area is 124 Å². The van der Waals surface area contributed by atoms with Crippen molar-refractivity contribution in [3.63, 3.8) is 0 Å². The van der Waals surface area contributed by atoms with E-state index in [4.69, 9.17) is 25.8 Å². The second-order valence-corrected chi connectivity index (χ2v) is 6.82. The summed E-state index contributed by atoms with van der Waals surface area (Å²) in [4.78, 5) is 0. The van der Waals surface area contributed by atoms with Gasteiger partial charge in [0, 0.05) is 12.1 Å². The largest absolute Gasteiger partial charge is 0.493 e. The fourth-order valence-electron chi connectivity index (χ4n) is 1.65. The molecule has 0 atom stereocenters. The van der Waals surface area contributed by atoms with Crippen LogP contribution in [-0.4, -0.2) is 41.3 Å². The Morgan fingerprint density at radius 1 is 1.15 bits per heavy atom. The standard InChI is InChI=1S/C13H19ClO5S/c1-17-11-7-10(9-14)8-12(18-2)13(11)19-5-4-6-20(3,15)16/h7-8H,4-6,9H2,1-3H3. The lowest BCUT2D eigenvalue weighted by Crippen LogP contribution is -2.09. The van der Waals surface area contributed by atoms with E-state index in [0.29, 0.717) is 29.5 Å². The SMILES string of the molecule is COc1cc(CCl)cc(OC)c1OCCCS(C)(=O)=O. The van der Waals surface area contributed by atoms with Crippen LogP contribution in [0.15, 0.2) is 12.1 Å². The molecule has 0 radical (unpaired) electrons. The summed E-state index contributed by atoms with van der Waals surface area (Å²) in [7, 11) is 0.0674. The Morgan fingerprint density at radius 3 is 2.10 bits per heavy atom. The van der Waals surface area contributed by atoms with Crippen LogP contribution in [0.5, 0.6) is 17.2 Å². The number of rotatable bonds is 8. The van der Waals surface area contributed by atoms with Gasteiger partial charge in [0.15, 0.2) is 11.5 Å². The van der Waals surface area contributed by atoms with Crippen LogP contribution in [0.2, 0.25) is 0 Å². The van der Waals surface area contributed by atoms with Gasteiger partial charge >= 0.3 is 0 Å². The van der Waals surface area contributed by atoms with Gasteiger partial charge in [0.05, 0.1) is 26.6 Å². The van der Waals surface area contributed by atoms with E-state index in [1.165, 1.54) is 20.5 Å². The first-order valence-corrected chi connectivity index (χ1v) is 8.62. The molecule has 0 unspecified atom stereocenters. The van der Waals surface area contributed by atoms with Crippen molar-refractivity contribution in [1.82, 2.24) is 0 Å². The van der Waals surface area contributed by atoms with E-state index in [1.54, 1.807) is 12.1 Å². The van der Waals surface area contributed by atoms with Gasteiger partial charge in [-0.3, -0.25) is 0 Å². The van der Waals surface area contributed by atoms with E-state index in [-0.39, 0.29) is 12.4 Å². The lowest BCUT2D eigenvalue weighted by molar-refractivity contribution is 0.275. The summed E-state index contributed by atoms with van der Waals surface area (Å²) >= 11 is 5.80. The van der Waals surface area contributed by atoms with E-state index in [0.717, 1.165) is 5.56 Å². The van der Waals surface area contributed by atoms with Gasteiger partial charge in [-0.15, -0.1) is 11.6 Å². The quantitative estimate of drug-likeness (QED) is 0.542. The molecule has 20 heavy (non-hydrogen) atoms. The van der Waals surface area contributed by atoms with Crippen LogP contribution in [0.3, 0.4) is 0 Å². The van der Waals surface area contributed by atoms with Crippen molar-refractivity contribution in [3.8, 4) is 17.2 Å². The average molecular weight is 323 g/mol. The normalized spacial score (nSPS) is 11.2. The predicted molar refractivity (Wildman–Crippen MR) is 78.9 cm³/mol. The fourth-order valence-corrected chi connectivity index (χ4v) is 2.45. The summed E-state index contributed by atoms with van der Waals surface area (Å²) in [5.41, 5.74) is 0.851. The van der Waals surface area contributed by atoms with Gasteiger partial charge in [0.2, 0.25) is 5.75 Å². The summed E-state index contributed by atoms with van der Waals surface area (Å²) in [6.07, 6.45) is 1.60. The van der Waals surface area contributed by atoms with Crippen LogP contribution >= 0.6 is 11.6 Å². The maximum atomic E-state index is 11.1. The number of hydrogen-bond donors (Lipinski definition) is 0. The summed E-state index contributed by atoms with van der Waals surface area (Å²) in [5.74, 6) is 1.90. The Kier molecular flexibility index (Phi) is 6.42. The van der Waals surface area contributed by atoms with Gasteiger partial charge in [-0.1, -0.05) is 0 Å².